The van der Waals surface area contributed by atoms with Gasteiger partial charge >= 0.3 is 9.84 Å². The fourth-order valence-corrected chi connectivity index (χ4v) is 2.20. The predicted octanol–water partition coefficient (Wildman–Crippen LogP) is -0.564. The molecule has 0 saturated carbocycles. The van der Waals surface area contributed by atoms with Crippen LogP contribution in [0.25, 0.3) is 0 Å². The molecule has 4 heteroatoms. The largest absolute Gasteiger partial charge is 0.378 e. The molecule has 1 heterocycles. The van der Waals surface area contributed by atoms with Crippen molar-refractivity contribution >= 4 is 9.84 Å². The van der Waals surface area contributed by atoms with Crippen LogP contribution in [0.3, 0.4) is 0 Å². The Balaban J connectivity index is 2.57. The second-order valence-corrected chi connectivity index (χ2v) is 6.42. The highest BCUT2D eigenvalue weighted by Crippen LogP contribution is 1.89. The van der Waals surface area contributed by atoms with E-state index in [1.54, 1.807) is 0 Å². The van der Waals surface area contributed by atoms with Gasteiger partial charge in [0.05, 0.1) is 27.5 Å². The summed E-state index contributed by atoms with van der Waals surface area (Å²) in [4.78, 5) is 3.99. The average molecular weight is 156 g/mol. The third-order valence-corrected chi connectivity index (χ3v) is 2.70. The normalized spacial score (nSPS) is 13.1. The van der Waals surface area contributed by atoms with E-state index in [9.17, 15) is 0 Å². The Morgan fingerprint density at radius 2 is 2.10 bits per heavy atom. The molecule has 0 bridgehead atoms. The zero-order valence-corrected chi connectivity index (χ0v) is 8.20. The fourth-order valence-electron chi connectivity index (χ4n) is 0.860. The first-order valence-corrected chi connectivity index (χ1v) is 4.61. The number of hydrogen-bond acceptors (Lipinski definition) is 1. The van der Waals surface area contributed by atoms with E-state index in [1.165, 1.54) is 0 Å². The maximum Gasteiger partial charge on any atom is 0.371 e. The third-order valence-electron chi connectivity index (χ3n) is 1.15. The summed E-state index contributed by atoms with van der Waals surface area (Å²) in [5.41, 5.74) is 0. The standard InChI is InChI=1S/C6H14N3Si/c1-9(2,3)10-8-5-4-7-6-8/h4-6H,10H2,1-3H3/q+1. The molecule has 1 rings (SSSR count). The number of rotatable bonds is 2. The van der Waals surface area contributed by atoms with Gasteiger partial charge in [-0.2, -0.15) is 0 Å². The van der Waals surface area contributed by atoms with Gasteiger partial charge in [-0.05, 0) is 0 Å². The molecule has 0 radical (unpaired) electrons. The van der Waals surface area contributed by atoms with Gasteiger partial charge in [-0.15, -0.1) is 0 Å². The van der Waals surface area contributed by atoms with Crippen LogP contribution in [0.15, 0.2) is 18.7 Å². The molecular weight excluding hydrogens is 142 g/mol. The average Bonchev–Trinajstić information content (AvgIpc) is 2.12. The van der Waals surface area contributed by atoms with E-state index in [2.05, 4.69) is 30.4 Å². The van der Waals surface area contributed by atoms with E-state index >= 15 is 0 Å². The zero-order valence-electron chi connectivity index (χ0n) is 6.78. The number of imidazole rings is 1. The van der Waals surface area contributed by atoms with Crippen molar-refractivity contribution in [2.75, 3.05) is 21.1 Å². The first-order chi connectivity index (χ1) is 4.58. The summed E-state index contributed by atoms with van der Waals surface area (Å²) >= 11 is 0. The van der Waals surface area contributed by atoms with Crippen molar-refractivity contribution in [3.63, 3.8) is 0 Å². The molecule has 0 aliphatic heterocycles. The molecule has 0 spiro atoms. The molecule has 0 unspecified atom stereocenters. The lowest BCUT2D eigenvalue weighted by Crippen LogP contribution is -2.42. The fraction of sp³-hybridized carbons (Fsp3) is 0.500. The molecule has 10 heavy (non-hydrogen) atoms. The van der Waals surface area contributed by atoms with Gasteiger partial charge in [0.15, 0.2) is 0 Å². The summed E-state index contributed by atoms with van der Waals surface area (Å²) in [5, 5.41) is 0. The number of hydrogen-bond donors (Lipinski definition) is 0. The molecule has 0 aromatic carbocycles. The van der Waals surface area contributed by atoms with E-state index in [0.717, 1.165) is 4.15 Å². The van der Waals surface area contributed by atoms with E-state index in [1.807, 2.05) is 18.7 Å². The van der Waals surface area contributed by atoms with Crippen molar-refractivity contribution in [1.29, 1.82) is 0 Å². The van der Waals surface area contributed by atoms with E-state index in [-0.39, 0.29) is 9.84 Å². The van der Waals surface area contributed by atoms with Gasteiger partial charge in [-0.25, -0.2) is 4.98 Å². The molecule has 1 aromatic rings. The highest BCUT2D eigenvalue weighted by molar-refractivity contribution is 6.23. The lowest BCUT2D eigenvalue weighted by molar-refractivity contribution is -0.757. The van der Waals surface area contributed by atoms with E-state index in [4.69, 9.17) is 0 Å². The van der Waals surface area contributed by atoms with Crippen molar-refractivity contribution in [2.45, 2.75) is 0 Å². The first kappa shape index (κ1) is 7.49. The van der Waals surface area contributed by atoms with E-state index in [0.29, 0.717) is 0 Å². The smallest absolute Gasteiger partial charge is 0.371 e. The molecule has 0 saturated heterocycles. The summed E-state index contributed by atoms with van der Waals surface area (Å²) in [6, 6.07) is 0. The van der Waals surface area contributed by atoms with Gasteiger partial charge in [0, 0.05) is 12.4 Å². The van der Waals surface area contributed by atoms with E-state index < -0.39 is 0 Å². The molecule has 0 aliphatic carbocycles. The van der Waals surface area contributed by atoms with Crippen LogP contribution in [0.5, 0.6) is 0 Å². The quantitative estimate of drug-likeness (QED) is 0.525. The van der Waals surface area contributed by atoms with Crippen LogP contribution in [0, 0.1) is 0 Å². The highest BCUT2D eigenvalue weighted by atomic mass is 28.2. The molecule has 0 fully saturated rings. The number of nitrogens with zero attached hydrogens (tertiary/aromatic N) is 3. The Hall–Kier alpha value is -0.613. The first-order valence-electron chi connectivity index (χ1n) is 3.34. The SMILES string of the molecule is C[N+](C)(C)[SiH2]n1ccnc1. The minimum Gasteiger partial charge on any atom is -0.378 e. The van der Waals surface area contributed by atoms with Crippen LogP contribution in [0.1, 0.15) is 0 Å². The van der Waals surface area contributed by atoms with Crippen LogP contribution >= 0.6 is 0 Å². The summed E-state index contributed by atoms with van der Waals surface area (Å²) in [6.07, 6.45) is 5.77. The second kappa shape index (κ2) is 2.55. The van der Waals surface area contributed by atoms with Gasteiger partial charge in [0.2, 0.25) is 0 Å². The Morgan fingerprint density at radius 3 is 2.50 bits per heavy atom. The van der Waals surface area contributed by atoms with Crippen molar-refractivity contribution in [1.82, 2.24) is 9.22 Å². The van der Waals surface area contributed by atoms with Gasteiger partial charge in [-0.1, -0.05) is 0 Å². The molecule has 3 nitrogen and oxygen atoms in total. The van der Waals surface area contributed by atoms with Crippen LogP contribution in [-0.4, -0.2) is 44.4 Å². The van der Waals surface area contributed by atoms with Crippen LogP contribution in [-0.2, 0) is 0 Å². The monoisotopic (exact) mass is 156 g/mol. The zero-order chi connectivity index (χ0) is 7.61. The summed E-state index contributed by atoms with van der Waals surface area (Å²) in [7, 11) is 6.40. The molecule has 0 amide bonds. The minimum atomic E-state index is -0.239. The van der Waals surface area contributed by atoms with Gasteiger partial charge in [0.25, 0.3) is 0 Å². The lowest BCUT2D eigenvalue weighted by atomic mass is 11.0. The third kappa shape index (κ3) is 2.32. The Labute approximate surface area is 63.9 Å². The summed E-state index contributed by atoms with van der Waals surface area (Å²) in [6.45, 7) is 0. The van der Waals surface area contributed by atoms with Crippen molar-refractivity contribution in [3.8, 4) is 0 Å². The van der Waals surface area contributed by atoms with Crippen molar-refractivity contribution in [3.05, 3.63) is 18.7 Å². The van der Waals surface area contributed by atoms with Gasteiger partial charge in [-0.3, -0.25) is 0 Å². The molecule has 0 atom stereocenters. The lowest BCUT2D eigenvalue weighted by Gasteiger charge is -2.24. The Bertz CT molecular complexity index is 187. The van der Waals surface area contributed by atoms with Crippen LogP contribution in [0.4, 0.5) is 0 Å². The Kier molecular flexibility index (Phi) is 1.91. The topological polar surface area (TPSA) is 17.8 Å². The molecule has 0 N–H and O–H groups in total. The van der Waals surface area contributed by atoms with Crippen molar-refractivity contribution in [2.24, 2.45) is 0 Å². The molecule has 1 aromatic heterocycles. The summed E-state index contributed by atoms with van der Waals surface area (Å²) in [5.74, 6) is 0. The Morgan fingerprint density at radius 1 is 1.40 bits per heavy atom. The maximum absolute atomic E-state index is 3.99. The minimum absolute atomic E-state index is 0.239. The number of quaternary nitrogens is 1. The molecule has 56 valence electrons. The number of aromatic nitrogens is 2. The van der Waals surface area contributed by atoms with Crippen molar-refractivity contribution < 1.29 is 4.15 Å². The highest BCUT2D eigenvalue weighted by Gasteiger charge is 2.08. The van der Waals surface area contributed by atoms with Gasteiger partial charge < -0.3 is 8.38 Å². The van der Waals surface area contributed by atoms with Crippen LogP contribution in [0.2, 0.25) is 0 Å². The maximum atomic E-state index is 3.99. The van der Waals surface area contributed by atoms with Crippen LogP contribution < -0.4 is 0 Å². The second-order valence-electron chi connectivity index (χ2n) is 3.51. The molecular formula is C6H14N3Si+. The molecule has 0 aliphatic rings. The summed E-state index contributed by atoms with van der Waals surface area (Å²) < 4.78 is 3.27. The van der Waals surface area contributed by atoms with Gasteiger partial charge in [0.1, 0.15) is 0 Å². The predicted molar refractivity (Wildman–Crippen MR) is 44.2 cm³/mol.